The van der Waals surface area contributed by atoms with E-state index in [2.05, 4.69) is 0 Å². The summed E-state index contributed by atoms with van der Waals surface area (Å²) in [7, 11) is 0. The molecule has 2 heterocycles. The number of benzene rings is 1. The van der Waals surface area contributed by atoms with Crippen molar-refractivity contribution in [3.8, 4) is 0 Å². The Hall–Kier alpha value is -2.08. The van der Waals surface area contributed by atoms with E-state index in [1.165, 1.54) is 0 Å². The average molecular weight is 316 g/mol. The Balaban J connectivity index is 1.45. The zero-order chi connectivity index (χ0) is 15.8. The normalized spacial score (nSPS) is 27.0. The van der Waals surface area contributed by atoms with Gasteiger partial charge in [0.05, 0.1) is 19.3 Å². The number of nitrogens with zero attached hydrogens (tertiary/aromatic N) is 2. The first kappa shape index (κ1) is 14.5. The molecule has 0 radical (unpaired) electrons. The van der Waals surface area contributed by atoms with E-state index in [1.54, 1.807) is 4.90 Å². The molecular formula is C17H20N2O4. The van der Waals surface area contributed by atoms with Crippen LogP contribution in [-0.4, -0.2) is 59.7 Å². The summed E-state index contributed by atoms with van der Waals surface area (Å²) in [5, 5.41) is 0. The number of morpholine rings is 1. The Kier molecular flexibility index (Phi) is 3.69. The molecule has 1 aromatic carbocycles. The lowest BCUT2D eigenvalue weighted by atomic mass is 10.0. The lowest BCUT2D eigenvalue weighted by Crippen LogP contribution is -2.68. The highest BCUT2D eigenvalue weighted by Crippen LogP contribution is 2.33. The Labute approximate surface area is 134 Å². The molecule has 3 aliphatic rings. The van der Waals surface area contributed by atoms with Crippen LogP contribution in [0.5, 0.6) is 0 Å². The van der Waals surface area contributed by atoms with Gasteiger partial charge in [-0.05, 0) is 18.4 Å². The minimum Gasteiger partial charge on any atom is -0.445 e. The number of rotatable bonds is 3. The molecule has 23 heavy (non-hydrogen) atoms. The summed E-state index contributed by atoms with van der Waals surface area (Å²) < 4.78 is 10.9. The molecule has 1 saturated carbocycles. The number of piperazine rings is 1. The molecule has 2 amide bonds. The second kappa shape index (κ2) is 5.85. The summed E-state index contributed by atoms with van der Waals surface area (Å²) in [5.41, 5.74) is 0.935. The SMILES string of the molecule is O=C1C2COCC(CN1C1CC1)N2C(=O)OCc1ccccc1. The summed E-state index contributed by atoms with van der Waals surface area (Å²) >= 11 is 0. The molecule has 6 nitrogen and oxygen atoms in total. The third-order valence-electron chi connectivity index (χ3n) is 4.69. The second-order valence-corrected chi connectivity index (χ2v) is 6.38. The van der Waals surface area contributed by atoms with Crippen LogP contribution in [0.4, 0.5) is 4.79 Å². The minimum atomic E-state index is -0.536. The van der Waals surface area contributed by atoms with Crippen LogP contribution in [0.25, 0.3) is 0 Å². The fraction of sp³-hybridized carbons (Fsp3) is 0.529. The van der Waals surface area contributed by atoms with Crippen LogP contribution in [0.15, 0.2) is 30.3 Å². The molecule has 4 rings (SSSR count). The van der Waals surface area contributed by atoms with Crippen molar-refractivity contribution in [2.45, 2.75) is 37.6 Å². The summed E-state index contributed by atoms with van der Waals surface area (Å²) in [5.74, 6) is 0.000103. The van der Waals surface area contributed by atoms with Gasteiger partial charge in [0, 0.05) is 12.6 Å². The van der Waals surface area contributed by atoms with Crippen molar-refractivity contribution in [3.63, 3.8) is 0 Å². The van der Waals surface area contributed by atoms with Gasteiger partial charge >= 0.3 is 6.09 Å². The summed E-state index contributed by atoms with van der Waals surface area (Å²) in [4.78, 5) is 28.6. The van der Waals surface area contributed by atoms with E-state index in [9.17, 15) is 9.59 Å². The molecule has 0 spiro atoms. The maximum Gasteiger partial charge on any atom is 0.411 e. The first-order valence-corrected chi connectivity index (χ1v) is 8.11. The molecular weight excluding hydrogens is 296 g/mol. The number of hydrogen-bond acceptors (Lipinski definition) is 4. The summed E-state index contributed by atoms with van der Waals surface area (Å²) in [6, 6.07) is 9.28. The van der Waals surface area contributed by atoms with E-state index < -0.39 is 12.1 Å². The average Bonchev–Trinajstić information content (AvgIpc) is 3.41. The van der Waals surface area contributed by atoms with Gasteiger partial charge in [0.2, 0.25) is 5.91 Å². The number of hydrogen-bond donors (Lipinski definition) is 0. The fourth-order valence-electron chi connectivity index (χ4n) is 3.36. The first-order valence-electron chi connectivity index (χ1n) is 8.11. The molecule has 2 bridgehead atoms. The van der Waals surface area contributed by atoms with Gasteiger partial charge in [-0.25, -0.2) is 4.79 Å². The molecule has 122 valence electrons. The van der Waals surface area contributed by atoms with Gasteiger partial charge in [-0.3, -0.25) is 9.69 Å². The third kappa shape index (κ3) is 2.79. The Morgan fingerprint density at radius 2 is 1.96 bits per heavy atom. The molecule has 2 saturated heterocycles. The Morgan fingerprint density at radius 3 is 2.70 bits per heavy atom. The predicted octanol–water partition coefficient (Wildman–Crippen LogP) is 1.40. The smallest absolute Gasteiger partial charge is 0.411 e. The number of ether oxygens (including phenoxy) is 2. The van der Waals surface area contributed by atoms with Gasteiger partial charge in [-0.1, -0.05) is 30.3 Å². The van der Waals surface area contributed by atoms with E-state index in [4.69, 9.17) is 9.47 Å². The van der Waals surface area contributed by atoms with Crippen LogP contribution in [0, 0.1) is 0 Å². The number of fused-ring (bicyclic) bond motifs is 2. The molecule has 3 fully saturated rings. The molecule has 6 heteroatoms. The van der Waals surface area contributed by atoms with E-state index in [-0.39, 0.29) is 25.2 Å². The van der Waals surface area contributed by atoms with Gasteiger partial charge in [-0.15, -0.1) is 0 Å². The standard InChI is InChI=1S/C17H20N2O4/c20-16-15-11-22-10-14(8-18(16)13-6-7-13)19(15)17(21)23-9-12-4-2-1-3-5-12/h1-5,13-15H,6-11H2. The van der Waals surface area contributed by atoms with Crippen molar-refractivity contribution >= 4 is 12.0 Å². The van der Waals surface area contributed by atoms with E-state index in [0.717, 1.165) is 18.4 Å². The molecule has 0 aromatic heterocycles. The number of carbonyl (C=O) groups is 2. The van der Waals surface area contributed by atoms with Crippen LogP contribution in [0.1, 0.15) is 18.4 Å². The zero-order valence-corrected chi connectivity index (χ0v) is 12.9. The monoisotopic (exact) mass is 316 g/mol. The van der Waals surface area contributed by atoms with E-state index >= 15 is 0 Å². The predicted molar refractivity (Wildman–Crippen MR) is 81.6 cm³/mol. The maximum absolute atomic E-state index is 12.6. The highest BCUT2D eigenvalue weighted by Gasteiger charge is 2.50. The highest BCUT2D eigenvalue weighted by atomic mass is 16.6. The highest BCUT2D eigenvalue weighted by molar-refractivity contribution is 5.88. The molecule has 2 unspecified atom stereocenters. The minimum absolute atomic E-state index is 0.000103. The van der Waals surface area contributed by atoms with Crippen molar-refractivity contribution in [1.29, 1.82) is 0 Å². The molecule has 0 N–H and O–H groups in total. The van der Waals surface area contributed by atoms with Gasteiger partial charge in [-0.2, -0.15) is 0 Å². The number of amides is 2. The lowest BCUT2D eigenvalue weighted by molar-refractivity contribution is -0.158. The van der Waals surface area contributed by atoms with E-state index in [1.807, 2.05) is 35.2 Å². The second-order valence-electron chi connectivity index (χ2n) is 6.38. The van der Waals surface area contributed by atoms with Crippen molar-refractivity contribution in [2.75, 3.05) is 19.8 Å². The van der Waals surface area contributed by atoms with E-state index in [0.29, 0.717) is 19.2 Å². The van der Waals surface area contributed by atoms with Crippen LogP contribution in [-0.2, 0) is 20.9 Å². The molecule has 2 aliphatic heterocycles. The summed E-state index contributed by atoms with van der Waals surface area (Å²) in [6.45, 7) is 1.50. The van der Waals surface area contributed by atoms with Crippen LogP contribution >= 0.6 is 0 Å². The van der Waals surface area contributed by atoms with Crippen LogP contribution < -0.4 is 0 Å². The lowest BCUT2D eigenvalue weighted by Gasteiger charge is -2.48. The van der Waals surface area contributed by atoms with Gasteiger partial charge in [0.25, 0.3) is 0 Å². The van der Waals surface area contributed by atoms with Gasteiger partial charge < -0.3 is 14.4 Å². The fourth-order valence-corrected chi connectivity index (χ4v) is 3.36. The largest absolute Gasteiger partial charge is 0.445 e. The Morgan fingerprint density at radius 1 is 1.17 bits per heavy atom. The van der Waals surface area contributed by atoms with Crippen molar-refractivity contribution < 1.29 is 19.1 Å². The summed E-state index contributed by atoms with van der Waals surface area (Å²) in [6.07, 6.45) is 1.73. The van der Waals surface area contributed by atoms with Crippen molar-refractivity contribution in [1.82, 2.24) is 9.80 Å². The molecule has 1 aliphatic carbocycles. The quantitative estimate of drug-likeness (QED) is 0.846. The third-order valence-corrected chi connectivity index (χ3v) is 4.69. The van der Waals surface area contributed by atoms with Crippen molar-refractivity contribution in [3.05, 3.63) is 35.9 Å². The zero-order valence-electron chi connectivity index (χ0n) is 12.9. The van der Waals surface area contributed by atoms with Crippen LogP contribution in [0.3, 0.4) is 0 Å². The van der Waals surface area contributed by atoms with Crippen LogP contribution in [0.2, 0.25) is 0 Å². The molecule has 1 aromatic rings. The van der Waals surface area contributed by atoms with Gasteiger partial charge in [0.1, 0.15) is 12.6 Å². The van der Waals surface area contributed by atoms with Crippen molar-refractivity contribution in [2.24, 2.45) is 0 Å². The molecule has 2 atom stereocenters. The van der Waals surface area contributed by atoms with Gasteiger partial charge in [0.15, 0.2) is 0 Å². The maximum atomic E-state index is 12.6. The topological polar surface area (TPSA) is 59.1 Å². The first-order chi connectivity index (χ1) is 11.2. The Bertz CT molecular complexity index is 602. The number of carbonyl (C=O) groups excluding carboxylic acids is 2.